The second-order valence-corrected chi connectivity index (χ2v) is 5.76. The molecule has 0 saturated carbocycles. The van der Waals surface area contributed by atoms with Gasteiger partial charge in [-0.2, -0.15) is 0 Å². The molecule has 0 aliphatic carbocycles. The molecule has 0 heterocycles. The molecule has 0 saturated heterocycles. The molecule has 0 spiro atoms. The van der Waals surface area contributed by atoms with Crippen LogP contribution in [-0.2, 0) is 6.54 Å². The van der Waals surface area contributed by atoms with Gasteiger partial charge in [0.25, 0.3) is 0 Å². The maximum atomic E-state index is 6.17. The van der Waals surface area contributed by atoms with Crippen LogP contribution in [0.3, 0.4) is 0 Å². The van der Waals surface area contributed by atoms with Crippen molar-refractivity contribution in [2.24, 2.45) is 0 Å². The molecule has 0 aliphatic rings. The van der Waals surface area contributed by atoms with Gasteiger partial charge in [-0.1, -0.05) is 29.3 Å². The summed E-state index contributed by atoms with van der Waals surface area (Å²) in [6.07, 6.45) is 0. The number of anilines is 2. The van der Waals surface area contributed by atoms with Crippen LogP contribution in [0.25, 0.3) is 0 Å². The minimum absolute atomic E-state index is 0.612. The Labute approximate surface area is 130 Å². The van der Waals surface area contributed by atoms with E-state index in [-0.39, 0.29) is 0 Å². The minimum atomic E-state index is 0.612. The lowest BCUT2D eigenvalue weighted by Gasteiger charge is -2.16. The molecule has 2 nitrogen and oxygen atoms in total. The van der Waals surface area contributed by atoms with Crippen LogP contribution in [0.15, 0.2) is 36.4 Å². The molecule has 0 aromatic heterocycles. The van der Waals surface area contributed by atoms with Crippen LogP contribution in [0.1, 0.15) is 11.1 Å². The number of nitrogens with zero attached hydrogens (tertiary/aromatic N) is 1. The maximum absolute atomic E-state index is 6.17. The fraction of sp³-hybridized carbons (Fsp3) is 0.250. The first-order chi connectivity index (χ1) is 9.49. The molecule has 0 aliphatic heterocycles. The lowest BCUT2D eigenvalue weighted by atomic mass is 10.1. The van der Waals surface area contributed by atoms with Crippen molar-refractivity contribution < 1.29 is 0 Å². The molecule has 0 fully saturated rings. The highest BCUT2D eigenvalue weighted by Gasteiger charge is 2.06. The van der Waals surface area contributed by atoms with Gasteiger partial charge in [0.05, 0.1) is 0 Å². The highest BCUT2D eigenvalue weighted by atomic mass is 35.5. The number of halogens is 2. The van der Waals surface area contributed by atoms with Gasteiger partial charge in [-0.3, -0.25) is 0 Å². The number of hydrogen-bond acceptors (Lipinski definition) is 2. The van der Waals surface area contributed by atoms with E-state index < -0.39 is 0 Å². The summed E-state index contributed by atoms with van der Waals surface area (Å²) < 4.78 is 0. The van der Waals surface area contributed by atoms with Crippen LogP contribution in [0, 0.1) is 6.92 Å². The Bertz CT molecular complexity index is 589. The molecule has 2 rings (SSSR count). The zero-order valence-corrected chi connectivity index (χ0v) is 13.4. The molecule has 0 atom stereocenters. The predicted molar refractivity (Wildman–Crippen MR) is 89.3 cm³/mol. The number of rotatable bonds is 4. The van der Waals surface area contributed by atoms with E-state index in [1.165, 1.54) is 11.3 Å². The van der Waals surface area contributed by atoms with Gasteiger partial charge in [0.15, 0.2) is 0 Å². The van der Waals surface area contributed by atoms with E-state index in [1.807, 2.05) is 32.3 Å². The van der Waals surface area contributed by atoms with Crippen molar-refractivity contribution in [3.05, 3.63) is 57.6 Å². The van der Waals surface area contributed by atoms with Crippen molar-refractivity contribution >= 4 is 34.6 Å². The molecule has 2 aromatic rings. The van der Waals surface area contributed by atoms with E-state index in [1.54, 1.807) is 0 Å². The third-order valence-corrected chi connectivity index (χ3v) is 3.95. The molecule has 2 aromatic carbocycles. The molecule has 0 unspecified atom stereocenters. The highest BCUT2D eigenvalue weighted by Crippen LogP contribution is 2.27. The van der Waals surface area contributed by atoms with Gasteiger partial charge in [-0.05, 0) is 42.8 Å². The summed E-state index contributed by atoms with van der Waals surface area (Å²) in [7, 11) is 4.07. The number of hydrogen-bond donors (Lipinski definition) is 1. The van der Waals surface area contributed by atoms with E-state index in [4.69, 9.17) is 23.2 Å². The number of aryl methyl sites for hydroxylation is 1. The van der Waals surface area contributed by atoms with Crippen LogP contribution in [0.4, 0.5) is 11.4 Å². The summed E-state index contributed by atoms with van der Waals surface area (Å²) in [6, 6.07) is 11.9. The van der Waals surface area contributed by atoms with Gasteiger partial charge in [-0.15, -0.1) is 0 Å². The summed E-state index contributed by atoms with van der Waals surface area (Å²) in [6.45, 7) is 2.70. The summed E-state index contributed by atoms with van der Waals surface area (Å²) in [5.41, 5.74) is 4.39. The second kappa shape index (κ2) is 6.38. The minimum Gasteiger partial charge on any atom is -0.381 e. The summed E-state index contributed by atoms with van der Waals surface area (Å²) in [5.74, 6) is 0. The van der Waals surface area contributed by atoms with Crippen molar-refractivity contribution in [2.75, 3.05) is 24.3 Å². The largest absolute Gasteiger partial charge is 0.381 e. The first kappa shape index (κ1) is 15.0. The maximum Gasteiger partial charge on any atom is 0.0470 e. The van der Waals surface area contributed by atoms with Gasteiger partial charge >= 0.3 is 0 Å². The highest BCUT2D eigenvalue weighted by molar-refractivity contribution is 6.36. The van der Waals surface area contributed by atoms with Crippen LogP contribution >= 0.6 is 23.2 Å². The van der Waals surface area contributed by atoms with E-state index in [0.29, 0.717) is 16.6 Å². The SMILES string of the molecule is Cc1cc(N(C)C)ccc1NCc1c(Cl)cccc1Cl. The van der Waals surface area contributed by atoms with Crippen LogP contribution in [-0.4, -0.2) is 14.1 Å². The van der Waals surface area contributed by atoms with Crippen molar-refractivity contribution in [1.29, 1.82) is 0 Å². The monoisotopic (exact) mass is 308 g/mol. The quantitative estimate of drug-likeness (QED) is 0.857. The molecular formula is C16H18Cl2N2. The summed E-state index contributed by atoms with van der Waals surface area (Å²) in [4.78, 5) is 2.09. The molecule has 0 amide bonds. The molecular weight excluding hydrogens is 291 g/mol. The fourth-order valence-electron chi connectivity index (χ4n) is 2.01. The zero-order chi connectivity index (χ0) is 14.7. The molecule has 0 radical (unpaired) electrons. The summed E-state index contributed by atoms with van der Waals surface area (Å²) >= 11 is 12.3. The van der Waals surface area contributed by atoms with E-state index in [2.05, 4.69) is 35.3 Å². The topological polar surface area (TPSA) is 15.3 Å². The van der Waals surface area contributed by atoms with Crippen molar-refractivity contribution in [3.63, 3.8) is 0 Å². The van der Waals surface area contributed by atoms with Gasteiger partial charge in [0.1, 0.15) is 0 Å². The second-order valence-electron chi connectivity index (χ2n) is 4.95. The smallest absolute Gasteiger partial charge is 0.0470 e. The van der Waals surface area contributed by atoms with Crippen molar-refractivity contribution in [3.8, 4) is 0 Å². The van der Waals surface area contributed by atoms with E-state index in [9.17, 15) is 0 Å². The lowest BCUT2D eigenvalue weighted by molar-refractivity contribution is 1.11. The van der Waals surface area contributed by atoms with Gasteiger partial charge in [0.2, 0.25) is 0 Å². The Hall–Kier alpha value is -1.38. The Morgan fingerprint density at radius 2 is 1.70 bits per heavy atom. The zero-order valence-electron chi connectivity index (χ0n) is 11.9. The molecule has 1 N–H and O–H groups in total. The summed E-state index contributed by atoms with van der Waals surface area (Å²) in [5, 5.41) is 4.76. The molecule has 20 heavy (non-hydrogen) atoms. The predicted octanol–water partition coefficient (Wildman–Crippen LogP) is 4.98. The van der Waals surface area contributed by atoms with Crippen LogP contribution < -0.4 is 10.2 Å². The Kier molecular flexibility index (Phi) is 4.79. The molecule has 4 heteroatoms. The van der Waals surface area contributed by atoms with Crippen molar-refractivity contribution in [2.45, 2.75) is 13.5 Å². The normalized spacial score (nSPS) is 10.4. The Morgan fingerprint density at radius 3 is 2.25 bits per heavy atom. The van der Waals surface area contributed by atoms with E-state index in [0.717, 1.165) is 11.3 Å². The lowest BCUT2D eigenvalue weighted by Crippen LogP contribution is -2.09. The van der Waals surface area contributed by atoms with E-state index >= 15 is 0 Å². The van der Waals surface area contributed by atoms with Gasteiger partial charge in [-0.25, -0.2) is 0 Å². The average Bonchev–Trinajstić information content (AvgIpc) is 2.39. The van der Waals surface area contributed by atoms with Crippen molar-refractivity contribution in [1.82, 2.24) is 0 Å². The standard InChI is InChI=1S/C16H18Cl2N2/c1-11-9-12(20(2)3)7-8-16(11)19-10-13-14(17)5-4-6-15(13)18/h4-9,19H,10H2,1-3H3. The average molecular weight is 309 g/mol. The first-order valence-corrected chi connectivity index (χ1v) is 7.19. The number of nitrogens with one attached hydrogen (secondary N) is 1. The van der Waals surface area contributed by atoms with Gasteiger partial charge in [0, 0.05) is 47.6 Å². The van der Waals surface area contributed by atoms with Crippen LogP contribution in [0.2, 0.25) is 10.0 Å². The Morgan fingerprint density at radius 1 is 1.05 bits per heavy atom. The molecule has 106 valence electrons. The third kappa shape index (κ3) is 3.38. The first-order valence-electron chi connectivity index (χ1n) is 6.44. The molecule has 0 bridgehead atoms. The third-order valence-electron chi connectivity index (χ3n) is 3.24. The fourth-order valence-corrected chi connectivity index (χ4v) is 2.54. The Balaban J connectivity index is 2.15. The van der Waals surface area contributed by atoms with Gasteiger partial charge < -0.3 is 10.2 Å². The van der Waals surface area contributed by atoms with Crippen LogP contribution in [0.5, 0.6) is 0 Å². The number of benzene rings is 2.